The molecule has 133 heavy (non-hydrogen) atoms. The molecule has 0 aliphatic carbocycles. The zero-order valence-corrected chi connectivity index (χ0v) is 72.5. The van der Waals surface area contributed by atoms with E-state index < -0.39 is 319 Å². The van der Waals surface area contributed by atoms with Gasteiger partial charge in [0.05, 0.1) is 65.0 Å². The summed E-state index contributed by atoms with van der Waals surface area (Å²) in [5.41, 5.74) is 12.3. The second kappa shape index (κ2) is 36.7. The number of ether oxygens (including phenoxy) is 6. The predicted molar refractivity (Wildman–Crippen MR) is 426 cm³/mol. The number of phosphoric acid groups is 6. The van der Waals surface area contributed by atoms with Crippen molar-refractivity contribution in [3.63, 3.8) is 0 Å². The Hall–Kier alpha value is -9.82. The SMILES string of the molecule is Cc1cn([C@H]2C[C@H](OP(=O)(O)OC[C@H]3O[C@@H](n4cc(C)c(=O)[nH]c4=O)C[C@@H]3OP(=O)(O)OC[C@H]3O[C@@H](n4cnc5c(=O)[nH]c(N)nc54)[C@H](O)[C@@H]3OP(=O)(O)OC[C@H]3O[C@@H](n4cnc5c(=O)[nH]c(N)nc54)[C@H](O)[C@@H]3OP(=O)(O)OC[C@H]3O[C@@H](n4cnc5c(=O)[nH]c(N)nc54)[C@H](O)[C@@H]3O)[C@@H](COP(=O)(O)O[C@H]3[C@@H](O)[C@H](n4cnc5c(=O)[nH]c(N)nc54)O[C@@H]3COP(=O)(O)O)O2)c(=O)[nH]c1=O. The molecule has 6 aliphatic heterocycles. The van der Waals surface area contributed by atoms with Gasteiger partial charge in [-0.15, -0.1) is 0 Å². The van der Waals surface area contributed by atoms with Gasteiger partial charge in [-0.1, -0.05) is 0 Å². The van der Waals surface area contributed by atoms with Gasteiger partial charge < -0.3 is 111 Å². The largest absolute Gasteiger partial charge is 0.472 e. The number of imidazole rings is 4. The third-order valence-electron chi connectivity index (χ3n) is 21.2. The summed E-state index contributed by atoms with van der Waals surface area (Å²) < 4.78 is 183. The van der Waals surface area contributed by atoms with E-state index in [1.807, 2.05) is 9.97 Å². The molecule has 6 saturated heterocycles. The van der Waals surface area contributed by atoms with E-state index >= 15 is 0 Å². The Labute approximate surface area is 731 Å². The Bertz CT molecular complexity index is 6990. The van der Waals surface area contributed by atoms with Crippen molar-refractivity contribution < 1.29 is 165 Å². The van der Waals surface area contributed by atoms with Gasteiger partial charge in [-0.3, -0.25) is 136 Å². The van der Waals surface area contributed by atoms with Crippen LogP contribution in [0.4, 0.5) is 23.8 Å². The number of aromatic nitrogens is 20. The van der Waals surface area contributed by atoms with Crippen LogP contribution in [0, 0.1) is 13.8 Å². The number of nitrogens with two attached hydrogens (primary N) is 4. The van der Waals surface area contributed by atoms with Crippen LogP contribution in [0.25, 0.3) is 44.7 Å². The minimum atomic E-state index is -5.99. The van der Waals surface area contributed by atoms with Crippen LogP contribution in [-0.2, 0) is 106 Å². The van der Waals surface area contributed by atoms with Crippen LogP contribution in [0.1, 0.15) is 61.3 Å². The number of nitrogens with zero attached hydrogens (tertiary/aromatic N) is 14. The molecule has 6 aliphatic rings. The Balaban J connectivity index is 0.627. The molecule has 10 aromatic heterocycles. The minimum absolute atomic E-state index is 0.110. The van der Waals surface area contributed by atoms with Gasteiger partial charge in [-0.05, 0) is 13.8 Å². The number of aliphatic hydroxyl groups excluding tert-OH is 5. The van der Waals surface area contributed by atoms with E-state index in [1.165, 1.54) is 13.8 Å². The van der Waals surface area contributed by atoms with Crippen molar-refractivity contribution in [2.75, 3.05) is 62.6 Å². The fourth-order valence-electron chi connectivity index (χ4n) is 15.1. The van der Waals surface area contributed by atoms with Crippen LogP contribution >= 0.6 is 46.9 Å². The lowest BCUT2D eigenvalue weighted by atomic mass is 10.1. The van der Waals surface area contributed by atoms with Crippen molar-refractivity contribution in [3.8, 4) is 0 Å². The zero-order valence-electron chi connectivity index (χ0n) is 67.1. The van der Waals surface area contributed by atoms with Crippen molar-refractivity contribution in [3.05, 3.63) is 132 Å². The van der Waals surface area contributed by atoms with Crippen LogP contribution in [-0.4, -0.2) is 294 Å². The lowest BCUT2D eigenvalue weighted by molar-refractivity contribution is -0.0654. The molecular formula is C60H76N24O43P6. The number of phosphoric ester groups is 6. The molecule has 6 fully saturated rings. The second-order valence-corrected chi connectivity index (χ2v) is 38.4. The fourth-order valence-corrected chi connectivity index (χ4v) is 20.2. The highest BCUT2D eigenvalue weighted by Crippen LogP contribution is 2.57. The molecule has 26 N–H and O–H groups in total. The van der Waals surface area contributed by atoms with Crippen LogP contribution in [0.5, 0.6) is 0 Å². The standard InChI is InChI=1S/C60H76N24O43P6/c1-17-5-79(59(96)77-45(17)90)27-3-19(21(117-27)7-112-129(101,102)123-20-4-28(80-6-18(2)46(91)78-60(80)97)118-22(20)8-113-131(105,106)125-38-24(10-111-128(98,99)100)120-52(35(38)87)82-14-66-30-42(82)70-56(62)74-48(30)93)124-130(103,104)115-11-25-39(36(88)53(121-25)83-15-67-31-43(83)71-57(63)75-49(31)94)127-133(109,110)116-12-26-40(37(89)54(122-26)84-16-68-32-44(84)72-58(64)76-50(32)95)126-132(107,108)114-9-23-33(85)34(86)51(119-23)81-13-65-29-41(81)69-55(61)73-47(29)92/h5-6,13-16,19-28,33-40,51-54,85-89H,3-4,7-12H2,1-2H3,(H,101,102)(H,103,104)(H,105,106)(H,107,108)(H,109,110)(H,77,90,96)(H,78,91,97)(H2,98,99,100)(H3,61,69,73,92)(H3,62,70,74,93)(H3,63,71,75,94)(H3,64,72,76,95)/t19-,20-,21+,22+,23+,24+,25+,26+,27+,28+,33+,34+,35+,36+,37+,38+,39+,40+,51+,52+,53+,54+/m0/s1. The molecule has 0 amide bonds. The molecule has 0 bridgehead atoms. The summed E-state index contributed by atoms with van der Waals surface area (Å²) in [5.74, 6) is -1.89. The predicted octanol–water partition coefficient (Wildman–Crippen LogP) is -7.85. The van der Waals surface area contributed by atoms with Crippen molar-refractivity contribution in [2.24, 2.45) is 0 Å². The smallest absolute Gasteiger partial charge is 0.387 e. The van der Waals surface area contributed by atoms with Gasteiger partial charge in [0.1, 0.15) is 110 Å². The van der Waals surface area contributed by atoms with E-state index in [-0.39, 0.29) is 39.4 Å². The van der Waals surface area contributed by atoms with Crippen LogP contribution in [0.15, 0.2) is 76.1 Å². The number of aromatic amines is 6. The average Bonchev–Trinajstić information content (AvgIpc) is 1.62. The molecule has 5 unspecified atom stereocenters. The number of nitrogen functional groups attached to an aromatic ring is 4. The minimum Gasteiger partial charge on any atom is -0.387 e. The number of fused-ring (bicyclic) bond motifs is 4. The van der Waals surface area contributed by atoms with Gasteiger partial charge in [-0.25, -0.2) is 56.9 Å². The summed E-state index contributed by atoms with van der Waals surface area (Å²) in [7, 11) is -34.6. The van der Waals surface area contributed by atoms with E-state index in [0.717, 1.165) is 65.1 Å². The van der Waals surface area contributed by atoms with E-state index in [4.69, 9.17) is 96.6 Å². The number of aliphatic hydroxyl groups is 5. The molecule has 724 valence electrons. The molecule has 67 nitrogen and oxygen atoms in total. The lowest BCUT2D eigenvalue weighted by Crippen LogP contribution is -2.38. The van der Waals surface area contributed by atoms with Crippen molar-refractivity contribution in [2.45, 2.75) is 162 Å². The van der Waals surface area contributed by atoms with E-state index in [2.05, 4.69) is 64.3 Å². The fraction of sp³-hybridized carbons (Fsp3) is 0.533. The maximum Gasteiger partial charge on any atom is 0.472 e. The number of aryl methyl sites for hydroxylation is 2. The Morgan fingerprint density at radius 3 is 0.910 bits per heavy atom. The molecule has 0 radical (unpaired) electrons. The molecule has 16 rings (SSSR count). The number of rotatable bonds is 34. The third kappa shape index (κ3) is 20.3. The highest BCUT2D eigenvalue weighted by molar-refractivity contribution is 7.48. The molecule has 0 aromatic carbocycles. The summed E-state index contributed by atoms with van der Waals surface area (Å²) in [6, 6.07) is 0. The van der Waals surface area contributed by atoms with Crippen LogP contribution in [0.2, 0.25) is 0 Å². The summed E-state index contributed by atoms with van der Waals surface area (Å²) >= 11 is 0. The first-order valence-corrected chi connectivity index (χ1v) is 47.3. The number of hydrogen-bond acceptors (Lipinski definition) is 48. The van der Waals surface area contributed by atoms with E-state index in [0.29, 0.717) is 0 Å². The Morgan fingerprint density at radius 2 is 0.609 bits per heavy atom. The van der Waals surface area contributed by atoms with Gasteiger partial charge >= 0.3 is 58.3 Å². The Kier molecular flexibility index (Phi) is 26.6. The van der Waals surface area contributed by atoms with Crippen LogP contribution < -0.4 is 67.7 Å². The molecule has 0 spiro atoms. The number of nitrogens with one attached hydrogen (secondary N) is 6. The van der Waals surface area contributed by atoms with Gasteiger partial charge in [0.15, 0.2) is 69.6 Å². The van der Waals surface area contributed by atoms with Crippen molar-refractivity contribution in [1.82, 2.24) is 97.2 Å². The highest BCUT2D eigenvalue weighted by atomic mass is 31.2. The highest BCUT2D eigenvalue weighted by Gasteiger charge is 2.57. The number of H-pyrrole nitrogens is 6. The summed E-state index contributed by atoms with van der Waals surface area (Å²) in [6.07, 6.45) is -39.9. The topological polar surface area (TPSA) is 970 Å². The molecule has 0 saturated carbocycles. The molecule has 10 aromatic rings. The monoisotopic (exact) mass is 2010 g/mol. The first-order chi connectivity index (χ1) is 62.4. The maximum atomic E-state index is 14.6. The first-order valence-electron chi connectivity index (χ1n) is 38.3. The lowest BCUT2D eigenvalue weighted by Gasteiger charge is -2.26. The average molecular weight is 2010 g/mol. The third-order valence-corrected chi connectivity index (χ3v) is 26.6. The van der Waals surface area contributed by atoms with Gasteiger partial charge in [0.25, 0.3) is 33.4 Å². The van der Waals surface area contributed by atoms with Crippen molar-refractivity contribution in [1.29, 1.82) is 0 Å². The molecule has 73 heteroatoms. The maximum absolute atomic E-state index is 14.6. The second-order valence-electron chi connectivity index (χ2n) is 30.1. The molecule has 27 atom stereocenters. The molecular weight excluding hydrogens is 1930 g/mol. The first kappa shape index (κ1) is 96.3. The summed E-state index contributed by atoms with van der Waals surface area (Å²) in [5, 5.41) is 57.9. The van der Waals surface area contributed by atoms with E-state index in [9.17, 15) is 126 Å². The van der Waals surface area contributed by atoms with Crippen LogP contribution in [0.3, 0.4) is 0 Å². The van der Waals surface area contributed by atoms with Gasteiger partial charge in [0, 0.05) is 36.4 Å². The van der Waals surface area contributed by atoms with E-state index in [1.54, 1.807) is 0 Å². The number of anilines is 4. The van der Waals surface area contributed by atoms with Gasteiger partial charge in [-0.2, -0.15) is 19.9 Å². The number of hydrogen-bond donors (Lipinski definition) is 22. The van der Waals surface area contributed by atoms with Gasteiger partial charge in [0.2, 0.25) is 23.8 Å². The molecule has 16 heterocycles. The zero-order chi connectivity index (χ0) is 95.7. The normalized spacial score (nSPS) is 30.4. The van der Waals surface area contributed by atoms with Crippen molar-refractivity contribution >= 4 is 115 Å². The Morgan fingerprint density at radius 1 is 0.346 bits per heavy atom. The summed E-state index contributed by atoms with van der Waals surface area (Å²) in [4.78, 5) is 224. The quantitative estimate of drug-likeness (QED) is 0.0167. The summed E-state index contributed by atoms with van der Waals surface area (Å²) in [6.45, 7) is -5.21.